The number of aromatic nitrogens is 3. The van der Waals surface area contributed by atoms with Gasteiger partial charge in [0.1, 0.15) is 5.69 Å². The first kappa shape index (κ1) is 19.4. The highest BCUT2D eigenvalue weighted by molar-refractivity contribution is 6.32. The highest BCUT2D eigenvalue weighted by Gasteiger charge is 2.19. The van der Waals surface area contributed by atoms with Gasteiger partial charge in [-0.2, -0.15) is 5.10 Å². The summed E-state index contributed by atoms with van der Waals surface area (Å²) in [6.45, 7) is 3.33. The van der Waals surface area contributed by atoms with Gasteiger partial charge in [0.25, 0.3) is 0 Å². The van der Waals surface area contributed by atoms with Crippen molar-refractivity contribution in [2.24, 2.45) is 7.05 Å². The van der Waals surface area contributed by atoms with Crippen LogP contribution in [0.1, 0.15) is 18.9 Å². The van der Waals surface area contributed by atoms with Gasteiger partial charge in [0.05, 0.1) is 30.0 Å². The third-order valence-electron chi connectivity index (χ3n) is 4.10. The highest BCUT2D eigenvalue weighted by atomic mass is 35.5. The number of aliphatic hydroxyl groups is 2. The fourth-order valence-corrected chi connectivity index (χ4v) is 3.09. The summed E-state index contributed by atoms with van der Waals surface area (Å²) >= 11 is 6.24. The van der Waals surface area contributed by atoms with E-state index in [0.29, 0.717) is 47.1 Å². The van der Waals surface area contributed by atoms with Crippen LogP contribution in [-0.4, -0.2) is 37.8 Å². The molecule has 9 heteroatoms. The summed E-state index contributed by atoms with van der Waals surface area (Å²) in [5.41, 5.74) is 1.98. The summed E-state index contributed by atoms with van der Waals surface area (Å²) in [7, 11) is 1.66. The lowest BCUT2D eigenvalue weighted by molar-refractivity contribution is -0.0452. The standard InChI is InChI=1S/C18H21ClN4O4/c1-3-27-7-6-23-17-13(16(21-23)18(25)26)8-11(19)9-14(17)20-12-4-5-15(24)22(2)10-12/h4-5,8-10,18,20,25-26H,3,6-7H2,1-2H3. The molecule has 3 rings (SSSR count). The lowest BCUT2D eigenvalue weighted by Gasteiger charge is -2.12. The molecule has 0 saturated heterocycles. The number of rotatable bonds is 7. The molecular formula is C18H21ClN4O4. The Morgan fingerprint density at radius 3 is 2.78 bits per heavy atom. The minimum atomic E-state index is -1.73. The molecule has 3 N–H and O–H groups in total. The quantitative estimate of drug-likeness (QED) is 0.420. The molecule has 27 heavy (non-hydrogen) atoms. The summed E-state index contributed by atoms with van der Waals surface area (Å²) in [4.78, 5) is 11.6. The van der Waals surface area contributed by atoms with Gasteiger partial charge >= 0.3 is 0 Å². The zero-order chi connectivity index (χ0) is 19.6. The minimum Gasteiger partial charge on any atom is -0.380 e. The number of hydrogen-bond donors (Lipinski definition) is 3. The number of ether oxygens (including phenoxy) is 1. The van der Waals surface area contributed by atoms with Crippen LogP contribution in [0.4, 0.5) is 11.4 Å². The van der Waals surface area contributed by atoms with Gasteiger partial charge < -0.3 is 24.8 Å². The van der Waals surface area contributed by atoms with Crippen LogP contribution < -0.4 is 10.9 Å². The van der Waals surface area contributed by atoms with Crippen LogP contribution in [0, 0.1) is 0 Å². The van der Waals surface area contributed by atoms with Gasteiger partial charge in [-0.3, -0.25) is 9.48 Å². The van der Waals surface area contributed by atoms with Crippen LogP contribution in [-0.2, 0) is 18.3 Å². The topological polar surface area (TPSA) is 102 Å². The average Bonchev–Trinajstić information content (AvgIpc) is 2.97. The first-order valence-corrected chi connectivity index (χ1v) is 8.86. The second kappa shape index (κ2) is 8.10. The summed E-state index contributed by atoms with van der Waals surface area (Å²) in [6.07, 6.45) is -0.0673. The van der Waals surface area contributed by atoms with Crippen molar-refractivity contribution in [2.75, 3.05) is 18.5 Å². The molecule has 8 nitrogen and oxygen atoms in total. The van der Waals surface area contributed by atoms with E-state index in [4.69, 9.17) is 16.3 Å². The van der Waals surface area contributed by atoms with Gasteiger partial charge in [-0.15, -0.1) is 0 Å². The highest BCUT2D eigenvalue weighted by Crippen LogP contribution is 2.34. The molecule has 0 aliphatic carbocycles. The molecule has 2 aromatic heterocycles. The van der Waals surface area contributed by atoms with Gasteiger partial charge in [-0.1, -0.05) is 11.6 Å². The monoisotopic (exact) mass is 392 g/mol. The maximum atomic E-state index is 11.6. The number of pyridine rings is 1. The Hall–Kier alpha value is -2.39. The number of aliphatic hydroxyl groups excluding tert-OH is 1. The largest absolute Gasteiger partial charge is 0.380 e. The number of benzene rings is 1. The molecule has 0 radical (unpaired) electrons. The molecule has 2 heterocycles. The number of nitrogens with one attached hydrogen (secondary N) is 1. The van der Waals surface area contributed by atoms with Gasteiger partial charge in [0.15, 0.2) is 6.29 Å². The minimum absolute atomic E-state index is 0.118. The molecule has 0 spiro atoms. The first-order valence-electron chi connectivity index (χ1n) is 8.48. The number of fused-ring (bicyclic) bond motifs is 1. The van der Waals surface area contributed by atoms with Gasteiger partial charge in [-0.05, 0) is 25.1 Å². The Bertz CT molecular complexity index is 1010. The lowest BCUT2D eigenvalue weighted by atomic mass is 10.1. The molecule has 0 fully saturated rings. The molecule has 0 bridgehead atoms. The molecule has 0 aliphatic rings. The predicted octanol–water partition coefficient (Wildman–Crippen LogP) is 2.15. The lowest BCUT2D eigenvalue weighted by Crippen LogP contribution is -2.14. The molecule has 0 amide bonds. The molecule has 144 valence electrons. The summed E-state index contributed by atoms with van der Waals surface area (Å²) < 4.78 is 8.51. The second-order valence-corrected chi connectivity index (χ2v) is 6.46. The molecule has 0 saturated carbocycles. The maximum Gasteiger partial charge on any atom is 0.250 e. The average molecular weight is 393 g/mol. The Morgan fingerprint density at radius 2 is 2.11 bits per heavy atom. The molecule has 1 aromatic carbocycles. The number of hydrogen-bond acceptors (Lipinski definition) is 6. The van der Waals surface area contributed by atoms with E-state index in [0.717, 1.165) is 0 Å². The van der Waals surface area contributed by atoms with Crippen LogP contribution in [0.2, 0.25) is 5.02 Å². The molecule has 3 aromatic rings. The zero-order valence-corrected chi connectivity index (χ0v) is 15.8. The molecular weight excluding hydrogens is 372 g/mol. The van der Waals surface area contributed by atoms with Crippen molar-refractivity contribution >= 4 is 33.9 Å². The molecule has 0 atom stereocenters. The van der Waals surface area contributed by atoms with Crippen molar-refractivity contribution in [1.29, 1.82) is 0 Å². The zero-order valence-electron chi connectivity index (χ0n) is 15.0. The maximum absolute atomic E-state index is 11.6. The normalized spacial score (nSPS) is 11.5. The fraction of sp³-hybridized carbons (Fsp3) is 0.333. The van der Waals surface area contributed by atoms with Crippen molar-refractivity contribution < 1.29 is 14.9 Å². The Balaban J connectivity index is 2.12. The van der Waals surface area contributed by atoms with Crippen molar-refractivity contribution in [3.8, 4) is 0 Å². The smallest absolute Gasteiger partial charge is 0.250 e. The molecule has 0 aliphatic heterocycles. The van der Waals surface area contributed by atoms with Crippen LogP contribution in [0.15, 0.2) is 35.3 Å². The second-order valence-electron chi connectivity index (χ2n) is 6.02. The van der Waals surface area contributed by atoms with E-state index in [9.17, 15) is 15.0 Å². The number of nitrogens with zero attached hydrogens (tertiary/aromatic N) is 3. The summed E-state index contributed by atoms with van der Waals surface area (Å²) in [5, 5.41) is 27.9. The van der Waals surface area contributed by atoms with Crippen molar-refractivity contribution in [2.45, 2.75) is 19.8 Å². The predicted molar refractivity (Wildman–Crippen MR) is 103 cm³/mol. The van der Waals surface area contributed by atoms with E-state index in [2.05, 4.69) is 10.4 Å². The summed E-state index contributed by atoms with van der Waals surface area (Å²) in [6, 6.07) is 6.49. The van der Waals surface area contributed by atoms with Gasteiger partial charge in [0, 0.05) is 36.3 Å². The Labute approximate surface area is 160 Å². The van der Waals surface area contributed by atoms with Crippen LogP contribution >= 0.6 is 11.6 Å². The SMILES string of the molecule is CCOCCn1nc(C(O)O)c2cc(Cl)cc(Nc3ccc(=O)n(C)c3)c21. The summed E-state index contributed by atoms with van der Waals surface area (Å²) in [5.74, 6) is 0. The van der Waals surface area contributed by atoms with E-state index >= 15 is 0 Å². The third kappa shape index (κ3) is 4.14. The first-order chi connectivity index (χ1) is 12.9. The van der Waals surface area contributed by atoms with Crippen molar-refractivity contribution in [3.63, 3.8) is 0 Å². The third-order valence-corrected chi connectivity index (χ3v) is 4.32. The molecule has 0 unspecified atom stereocenters. The van der Waals surface area contributed by atoms with Crippen LogP contribution in [0.25, 0.3) is 10.9 Å². The van der Waals surface area contributed by atoms with Gasteiger partial charge in [-0.25, -0.2) is 0 Å². The Morgan fingerprint density at radius 1 is 1.33 bits per heavy atom. The fourth-order valence-electron chi connectivity index (χ4n) is 2.87. The van der Waals surface area contributed by atoms with Crippen molar-refractivity contribution in [1.82, 2.24) is 14.3 Å². The van der Waals surface area contributed by atoms with Crippen LogP contribution in [0.5, 0.6) is 0 Å². The van der Waals surface area contributed by atoms with E-state index in [-0.39, 0.29) is 11.3 Å². The van der Waals surface area contributed by atoms with E-state index < -0.39 is 6.29 Å². The Kier molecular flexibility index (Phi) is 5.81. The van der Waals surface area contributed by atoms with Crippen LogP contribution in [0.3, 0.4) is 0 Å². The van der Waals surface area contributed by atoms with Gasteiger partial charge in [0.2, 0.25) is 5.56 Å². The van der Waals surface area contributed by atoms with Crippen molar-refractivity contribution in [3.05, 3.63) is 51.5 Å². The number of halogens is 1. The van der Waals surface area contributed by atoms with E-state index in [1.807, 2.05) is 6.92 Å². The van der Waals surface area contributed by atoms with E-state index in [1.165, 1.54) is 10.6 Å². The number of anilines is 2. The number of aryl methyl sites for hydroxylation is 1. The van der Waals surface area contributed by atoms with E-state index in [1.54, 1.807) is 36.1 Å².